The molecule has 104 valence electrons. The first-order valence-corrected chi connectivity index (χ1v) is 6.66. The molecule has 0 saturated carbocycles. The molecule has 0 aromatic heterocycles. The lowest BCUT2D eigenvalue weighted by Crippen LogP contribution is -2.36. The molecule has 4 heteroatoms. The van der Waals surface area contributed by atoms with E-state index in [1.165, 1.54) is 5.56 Å². The number of ether oxygens (including phenoxy) is 1. The lowest BCUT2D eigenvalue weighted by Gasteiger charge is -2.28. The van der Waals surface area contributed by atoms with Crippen LogP contribution in [0.1, 0.15) is 50.8 Å². The Bertz CT molecular complexity index is 477. The third-order valence-corrected chi connectivity index (χ3v) is 3.13. The maximum Gasteiger partial charge on any atom is 0.408 e. The summed E-state index contributed by atoms with van der Waals surface area (Å²) in [7, 11) is 0. The topological polar surface area (TPSA) is 58.6 Å². The van der Waals surface area contributed by atoms with Gasteiger partial charge in [-0.25, -0.2) is 4.79 Å². The molecule has 4 nitrogen and oxygen atoms in total. The lowest BCUT2D eigenvalue weighted by molar-refractivity contribution is 0.0498. The zero-order valence-electron chi connectivity index (χ0n) is 11.7. The average Bonchev–Trinajstić information content (AvgIpc) is 2.27. The molecule has 1 aromatic carbocycles. The zero-order chi connectivity index (χ0) is 14.0. The highest BCUT2D eigenvalue weighted by atomic mass is 16.6. The number of carbonyl (C=O) groups is 1. The van der Waals surface area contributed by atoms with E-state index in [1.54, 1.807) is 12.1 Å². The Morgan fingerprint density at radius 1 is 1.42 bits per heavy atom. The minimum atomic E-state index is -0.500. The van der Waals surface area contributed by atoms with Gasteiger partial charge in [0.05, 0.1) is 6.04 Å². The summed E-state index contributed by atoms with van der Waals surface area (Å²) in [5, 5.41) is 12.5. The van der Waals surface area contributed by atoms with Crippen molar-refractivity contribution in [2.45, 2.75) is 51.7 Å². The van der Waals surface area contributed by atoms with Gasteiger partial charge in [0.1, 0.15) is 11.4 Å². The molecule has 0 radical (unpaired) electrons. The predicted molar refractivity (Wildman–Crippen MR) is 73.2 cm³/mol. The summed E-state index contributed by atoms with van der Waals surface area (Å²) in [6.07, 6.45) is 2.48. The van der Waals surface area contributed by atoms with Crippen molar-refractivity contribution in [1.29, 1.82) is 0 Å². The summed E-state index contributed by atoms with van der Waals surface area (Å²) in [5.41, 5.74) is 1.68. The minimum absolute atomic E-state index is 0.0781. The monoisotopic (exact) mass is 263 g/mol. The van der Waals surface area contributed by atoms with Gasteiger partial charge >= 0.3 is 6.09 Å². The Morgan fingerprint density at radius 3 is 2.84 bits per heavy atom. The third kappa shape index (κ3) is 3.63. The predicted octanol–water partition coefficient (Wildman–Crippen LogP) is 3.29. The number of aryl methyl sites for hydroxylation is 1. The number of alkyl carbamates (subject to hydrolysis) is 1. The maximum atomic E-state index is 11.8. The second kappa shape index (κ2) is 5.11. The van der Waals surface area contributed by atoms with Gasteiger partial charge in [0.25, 0.3) is 0 Å². The molecule has 0 fully saturated rings. The number of hydrogen-bond acceptors (Lipinski definition) is 3. The quantitative estimate of drug-likeness (QED) is 0.817. The van der Waals surface area contributed by atoms with Crippen molar-refractivity contribution >= 4 is 6.09 Å². The molecule has 1 aliphatic rings. The number of amides is 1. The normalized spacial score (nSPS) is 18.6. The summed E-state index contributed by atoms with van der Waals surface area (Å²) in [6.45, 7) is 5.52. The second-order valence-electron chi connectivity index (χ2n) is 5.97. The number of phenols is 1. The molecule has 0 spiro atoms. The Balaban J connectivity index is 2.11. The third-order valence-electron chi connectivity index (χ3n) is 3.13. The highest BCUT2D eigenvalue weighted by Crippen LogP contribution is 2.32. The summed E-state index contributed by atoms with van der Waals surface area (Å²) in [4.78, 5) is 11.8. The summed E-state index contributed by atoms with van der Waals surface area (Å²) >= 11 is 0. The summed E-state index contributed by atoms with van der Waals surface area (Å²) in [6, 6.07) is 5.27. The van der Waals surface area contributed by atoms with Gasteiger partial charge in [-0.3, -0.25) is 0 Å². The molecule has 19 heavy (non-hydrogen) atoms. The summed E-state index contributed by atoms with van der Waals surface area (Å²) < 4.78 is 5.27. The van der Waals surface area contributed by atoms with Crippen LogP contribution in [0.4, 0.5) is 4.79 Å². The van der Waals surface area contributed by atoms with Crippen LogP contribution in [0, 0.1) is 0 Å². The lowest BCUT2D eigenvalue weighted by atomic mass is 9.87. The van der Waals surface area contributed by atoms with E-state index in [-0.39, 0.29) is 11.8 Å². The van der Waals surface area contributed by atoms with Crippen LogP contribution in [0.25, 0.3) is 0 Å². The highest BCUT2D eigenvalue weighted by molar-refractivity contribution is 5.68. The number of benzene rings is 1. The Labute approximate surface area is 113 Å². The van der Waals surface area contributed by atoms with Gasteiger partial charge in [-0.15, -0.1) is 0 Å². The molecule has 0 heterocycles. The van der Waals surface area contributed by atoms with Gasteiger partial charge in [0, 0.05) is 0 Å². The first-order valence-electron chi connectivity index (χ1n) is 6.66. The van der Waals surface area contributed by atoms with E-state index >= 15 is 0 Å². The van der Waals surface area contributed by atoms with Crippen molar-refractivity contribution in [2.24, 2.45) is 0 Å². The fourth-order valence-corrected chi connectivity index (χ4v) is 2.39. The number of phenolic OH excluding ortho intramolecular Hbond substituents is 1. The highest BCUT2D eigenvalue weighted by Gasteiger charge is 2.24. The zero-order valence-corrected chi connectivity index (χ0v) is 11.7. The molecule has 2 N–H and O–H groups in total. The van der Waals surface area contributed by atoms with Crippen LogP contribution in [0.15, 0.2) is 18.2 Å². The van der Waals surface area contributed by atoms with E-state index in [9.17, 15) is 9.90 Å². The minimum Gasteiger partial charge on any atom is -0.508 e. The van der Waals surface area contributed by atoms with E-state index in [0.29, 0.717) is 0 Å². The number of hydrogen-bond donors (Lipinski definition) is 2. The first kappa shape index (κ1) is 13.7. The van der Waals surface area contributed by atoms with Crippen LogP contribution < -0.4 is 5.32 Å². The molecule has 0 saturated heterocycles. The molecular weight excluding hydrogens is 242 g/mol. The molecule has 1 atom stereocenters. The van der Waals surface area contributed by atoms with Gasteiger partial charge in [0.2, 0.25) is 0 Å². The van der Waals surface area contributed by atoms with Crippen LogP contribution >= 0.6 is 0 Å². The van der Waals surface area contributed by atoms with E-state index in [2.05, 4.69) is 5.32 Å². The van der Waals surface area contributed by atoms with Crippen LogP contribution in [0.5, 0.6) is 5.75 Å². The molecule has 1 aromatic rings. The smallest absolute Gasteiger partial charge is 0.408 e. The molecular formula is C15H21NO3. The van der Waals surface area contributed by atoms with Gasteiger partial charge < -0.3 is 15.2 Å². The Kier molecular flexibility index (Phi) is 3.69. The molecule has 2 rings (SSSR count). The standard InChI is InChI=1S/C15H21NO3/c1-15(2,3)19-14(18)16-13-6-4-5-10-7-8-11(17)9-12(10)13/h7-9,13,17H,4-6H2,1-3H3,(H,16,18). The number of aromatic hydroxyl groups is 1. The van der Waals surface area contributed by atoms with Crippen molar-refractivity contribution in [1.82, 2.24) is 5.32 Å². The van der Waals surface area contributed by atoms with Gasteiger partial charge in [-0.1, -0.05) is 6.07 Å². The number of nitrogens with one attached hydrogen (secondary N) is 1. The van der Waals surface area contributed by atoms with Gasteiger partial charge in [-0.05, 0) is 63.3 Å². The van der Waals surface area contributed by atoms with Crippen molar-refractivity contribution in [2.75, 3.05) is 0 Å². The van der Waals surface area contributed by atoms with Crippen LogP contribution in [-0.2, 0) is 11.2 Å². The number of fused-ring (bicyclic) bond motifs is 1. The van der Waals surface area contributed by atoms with Gasteiger partial charge in [-0.2, -0.15) is 0 Å². The maximum absolute atomic E-state index is 11.8. The van der Waals surface area contributed by atoms with Crippen molar-refractivity contribution in [3.05, 3.63) is 29.3 Å². The van der Waals surface area contributed by atoms with E-state index < -0.39 is 11.7 Å². The van der Waals surface area contributed by atoms with Crippen LogP contribution in [0.2, 0.25) is 0 Å². The molecule has 1 aliphatic carbocycles. The molecule has 1 amide bonds. The largest absolute Gasteiger partial charge is 0.508 e. The Hall–Kier alpha value is -1.71. The molecule has 0 aliphatic heterocycles. The van der Waals surface area contributed by atoms with E-state index in [0.717, 1.165) is 24.8 Å². The van der Waals surface area contributed by atoms with Crippen molar-refractivity contribution in [3.8, 4) is 5.75 Å². The van der Waals surface area contributed by atoms with E-state index in [1.807, 2.05) is 26.8 Å². The van der Waals surface area contributed by atoms with Crippen molar-refractivity contribution in [3.63, 3.8) is 0 Å². The van der Waals surface area contributed by atoms with E-state index in [4.69, 9.17) is 4.74 Å². The number of rotatable bonds is 1. The fourth-order valence-electron chi connectivity index (χ4n) is 2.39. The second-order valence-corrected chi connectivity index (χ2v) is 5.97. The molecule has 1 unspecified atom stereocenters. The fraction of sp³-hybridized carbons (Fsp3) is 0.533. The van der Waals surface area contributed by atoms with Crippen molar-refractivity contribution < 1.29 is 14.6 Å². The molecule has 0 bridgehead atoms. The average molecular weight is 263 g/mol. The number of carbonyl (C=O) groups excluding carboxylic acids is 1. The first-order chi connectivity index (χ1) is 8.85. The van der Waals surface area contributed by atoms with Crippen LogP contribution in [0.3, 0.4) is 0 Å². The Morgan fingerprint density at radius 2 is 2.16 bits per heavy atom. The summed E-state index contributed by atoms with van der Waals surface area (Å²) in [5.74, 6) is 0.233. The van der Waals surface area contributed by atoms with Gasteiger partial charge in [0.15, 0.2) is 0 Å². The SMILES string of the molecule is CC(C)(C)OC(=O)NC1CCCc2ccc(O)cc21. The van der Waals surface area contributed by atoms with Crippen LogP contribution in [-0.4, -0.2) is 16.8 Å².